The smallest absolute Gasteiger partial charge is 0.322 e. The summed E-state index contributed by atoms with van der Waals surface area (Å²) in [5.74, 6) is -0.667. The molecule has 0 saturated heterocycles. The first-order valence-electron chi connectivity index (χ1n) is 9.74. The summed E-state index contributed by atoms with van der Waals surface area (Å²) in [6.45, 7) is 5.19. The largest absolute Gasteiger partial charge is 0.480 e. The highest BCUT2D eigenvalue weighted by molar-refractivity contribution is 7.89. The van der Waals surface area contributed by atoms with Crippen molar-refractivity contribution in [1.82, 2.24) is 14.9 Å². The van der Waals surface area contributed by atoms with Crippen LogP contribution < -0.4 is 4.72 Å². The van der Waals surface area contributed by atoms with Gasteiger partial charge in [0.25, 0.3) is 0 Å². The second-order valence-electron chi connectivity index (χ2n) is 7.52. The molecule has 2 aromatic carbocycles. The molecule has 4 rings (SSSR count). The van der Waals surface area contributed by atoms with E-state index >= 15 is 0 Å². The first kappa shape index (κ1) is 21.0. The van der Waals surface area contributed by atoms with Gasteiger partial charge in [0.05, 0.1) is 4.90 Å². The summed E-state index contributed by atoms with van der Waals surface area (Å²) in [6, 6.07) is 8.57. The number of aliphatic carboxylic acids is 1. The van der Waals surface area contributed by atoms with Gasteiger partial charge in [-0.15, -0.1) is 0 Å². The molecule has 162 valence electrons. The van der Waals surface area contributed by atoms with Crippen LogP contribution in [0.25, 0.3) is 33.3 Å². The zero-order valence-corrected chi connectivity index (χ0v) is 17.9. The second kappa shape index (κ2) is 7.78. The highest BCUT2D eigenvalue weighted by Crippen LogP contribution is 2.33. The van der Waals surface area contributed by atoms with Crippen molar-refractivity contribution < 1.29 is 27.3 Å². The van der Waals surface area contributed by atoms with E-state index < -0.39 is 28.0 Å². The number of carboxylic acid groups (broad SMARTS) is 1. The molecule has 4 aromatic rings. The molecule has 0 radical (unpaired) electrons. The lowest BCUT2D eigenvalue weighted by Gasteiger charge is -2.17. The summed E-state index contributed by atoms with van der Waals surface area (Å²) in [5.41, 5.74) is 1.77. The van der Waals surface area contributed by atoms with Crippen molar-refractivity contribution in [2.45, 2.75) is 38.1 Å². The molecule has 0 aliphatic carbocycles. The molecule has 0 aliphatic heterocycles. The Balaban J connectivity index is 1.75. The van der Waals surface area contributed by atoms with E-state index in [0.29, 0.717) is 45.6 Å². The molecule has 0 saturated carbocycles. The van der Waals surface area contributed by atoms with Gasteiger partial charge < -0.3 is 14.0 Å². The first-order valence-corrected chi connectivity index (χ1v) is 11.2. The van der Waals surface area contributed by atoms with Crippen LogP contribution in [0.4, 0.5) is 0 Å². The average Bonchev–Trinajstić information content (AvgIpc) is 3.35. The molecule has 9 nitrogen and oxygen atoms in total. The number of hydrogen-bond donors (Lipinski definition) is 2. The summed E-state index contributed by atoms with van der Waals surface area (Å²) in [7, 11) is -4.04. The number of nitrogens with one attached hydrogen (secondary N) is 1. The van der Waals surface area contributed by atoms with Crippen LogP contribution in [0.1, 0.15) is 26.7 Å². The van der Waals surface area contributed by atoms with Crippen LogP contribution in [-0.4, -0.2) is 35.7 Å². The summed E-state index contributed by atoms with van der Waals surface area (Å²) in [6.07, 6.45) is 0.630. The number of benzene rings is 2. The number of aryl methyl sites for hydroxylation is 1. The molecule has 1 atom stereocenters. The van der Waals surface area contributed by atoms with E-state index in [1.165, 1.54) is 12.1 Å². The minimum absolute atomic E-state index is 0.0376. The fourth-order valence-corrected chi connectivity index (χ4v) is 4.65. The predicted molar refractivity (Wildman–Crippen MR) is 113 cm³/mol. The van der Waals surface area contributed by atoms with Crippen LogP contribution in [0, 0.1) is 5.92 Å². The number of carbonyl (C=O) groups is 1. The molecule has 0 unspecified atom stereocenters. The van der Waals surface area contributed by atoms with Gasteiger partial charge in [0, 0.05) is 22.8 Å². The monoisotopic (exact) mass is 443 g/mol. The second-order valence-corrected chi connectivity index (χ2v) is 9.23. The third-order valence-electron chi connectivity index (χ3n) is 5.00. The molecule has 10 heteroatoms. The van der Waals surface area contributed by atoms with Gasteiger partial charge in [-0.3, -0.25) is 4.79 Å². The minimum Gasteiger partial charge on any atom is -0.480 e. The van der Waals surface area contributed by atoms with Crippen LogP contribution in [0.3, 0.4) is 0 Å². The normalized spacial score (nSPS) is 13.3. The Morgan fingerprint density at radius 1 is 1.13 bits per heavy atom. The molecule has 0 aliphatic rings. The topological polar surface area (TPSA) is 136 Å². The van der Waals surface area contributed by atoms with Gasteiger partial charge in [-0.25, -0.2) is 8.42 Å². The molecule has 0 fully saturated rings. The maximum absolute atomic E-state index is 12.8. The van der Waals surface area contributed by atoms with Crippen molar-refractivity contribution >= 4 is 37.9 Å². The zero-order chi connectivity index (χ0) is 22.3. The molecule has 0 amide bonds. The van der Waals surface area contributed by atoms with Gasteiger partial charge in [-0.05, 0) is 36.2 Å². The molecule has 2 aromatic heterocycles. The van der Waals surface area contributed by atoms with Gasteiger partial charge in [0.1, 0.15) is 17.2 Å². The van der Waals surface area contributed by atoms with Crippen molar-refractivity contribution in [3.8, 4) is 11.4 Å². The summed E-state index contributed by atoms with van der Waals surface area (Å²) < 4.78 is 38.9. The van der Waals surface area contributed by atoms with Crippen LogP contribution in [0.5, 0.6) is 0 Å². The van der Waals surface area contributed by atoms with Gasteiger partial charge in [0.2, 0.25) is 21.7 Å². The van der Waals surface area contributed by atoms with Crippen molar-refractivity contribution in [1.29, 1.82) is 0 Å². The van der Waals surface area contributed by atoms with Gasteiger partial charge >= 0.3 is 5.97 Å². The fraction of sp³-hybridized carbons (Fsp3) is 0.286. The number of carboxylic acids is 1. The van der Waals surface area contributed by atoms with E-state index in [0.717, 1.165) is 0 Å². The molecule has 31 heavy (non-hydrogen) atoms. The number of nitrogens with zero attached hydrogens (tertiary/aromatic N) is 2. The first-order chi connectivity index (χ1) is 14.7. The van der Waals surface area contributed by atoms with Crippen molar-refractivity contribution in [2.75, 3.05) is 0 Å². The van der Waals surface area contributed by atoms with Crippen LogP contribution >= 0.6 is 0 Å². The number of rotatable bonds is 7. The van der Waals surface area contributed by atoms with Crippen LogP contribution in [0.15, 0.2) is 50.2 Å². The summed E-state index contributed by atoms with van der Waals surface area (Å²) >= 11 is 0. The Bertz CT molecular complexity index is 1390. The van der Waals surface area contributed by atoms with E-state index in [4.69, 9.17) is 8.94 Å². The lowest BCUT2D eigenvalue weighted by molar-refractivity contribution is -0.140. The predicted octanol–water partition coefficient (Wildman–Crippen LogP) is 3.59. The Hall–Kier alpha value is -3.24. The Morgan fingerprint density at radius 3 is 2.55 bits per heavy atom. The van der Waals surface area contributed by atoms with E-state index in [1.807, 2.05) is 6.92 Å². The van der Waals surface area contributed by atoms with E-state index in [2.05, 4.69) is 14.9 Å². The molecule has 2 N–H and O–H groups in total. The van der Waals surface area contributed by atoms with Crippen molar-refractivity contribution in [2.24, 2.45) is 5.92 Å². The average molecular weight is 443 g/mol. The lowest BCUT2D eigenvalue weighted by atomic mass is 10.1. The SMILES string of the molecule is CCc1nc(-c2ccc3c(c2)oc2ccc(S(=O)(=O)N[C@@H](C(=O)O)C(C)C)cc23)no1. The van der Waals surface area contributed by atoms with Crippen LogP contribution in [-0.2, 0) is 21.2 Å². The van der Waals surface area contributed by atoms with Crippen LogP contribution in [0.2, 0.25) is 0 Å². The molecular formula is C21H21N3O6S. The molecule has 0 bridgehead atoms. The Kier molecular flexibility index (Phi) is 5.28. The van der Waals surface area contributed by atoms with Gasteiger partial charge in [-0.1, -0.05) is 32.0 Å². The highest BCUT2D eigenvalue weighted by Gasteiger charge is 2.28. The number of aromatic nitrogens is 2. The number of hydrogen-bond acceptors (Lipinski definition) is 7. The maximum Gasteiger partial charge on any atom is 0.322 e. The quantitative estimate of drug-likeness (QED) is 0.442. The zero-order valence-electron chi connectivity index (χ0n) is 17.1. The van der Waals surface area contributed by atoms with Crippen molar-refractivity contribution in [3.63, 3.8) is 0 Å². The molecule has 0 spiro atoms. The van der Waals surface area contributed by atoms with Crippen molar-refractivity contribution in [3.05, 3.63) is 42.3 Å². The number of sulfonamides is 1. The van der Waals surface area contributed by atoms with E-state index in [-0.39, 0.29) is 4.90 Å². The standard InChI is InChI=1S/C21H21N3O6S/c1-4-18-22-20(23-30-18)12-5-7-14-15-10-13(6-8-16(15)29-17(14)9-12)31(27,28)24-19(11(2)3)21(25)26/h5-11,19,24H,4H2,1-3H3,(H,25,26)/t19-/m1/s1. The van der Waals surface area contributed by atoms with E-state index in [9.17, 15) is 18.3 Å². The summed E-state index contributed by atoms with van der Waals surface area (Å²) in [4.78, 5) is 15.7. The van der Waals surface area contributed by atoms with Gasteiger partial charge in [-0.2, -0.15) is 9.71 Å². The third kappa shape index (κ3) is 3.91. The number of furan rings is 1. The highest BCUT2D eigenvalue weighted by atomic mass is 32.2. The minimum atomic E-state index is -4.04. The fourth-order valence-electron chi connectivity index (χ4n) is 3.29. The third-order valence-corrected chi connectivity index (χ3v) is 6.44. The Morgan fingerprint density at radius 2 is 1.90 bits per heavy atom. The molecule has 2 heterocycles. The maximum atomic E-state index is 12.8. The van der Waals surface area contributed by atoms with E-state index in [1.54, 1.807) is 38.1 Å². The van der Waals surface area contributed by atoms with Gasteiger partial charge in [0.15, 0.2) is 0 Å². The molecular weight excluding hydrogens is 422 g/mol. The lowest BCUT2D eigenvalue weighted by Crippen LogP contribution is -2.44. The number of fused-ring (bicyclic) bond motifs is 3. The Labute approximate surface area is 178 Å². The summed E-state index contributed by atoms with van der Waals surface area (Å²) in [5, 5.41) is 14.6.